The van der Waals surface area contributed by atoms with E-state index in [0.717, 1.165) is 44.4 Å². The van der Waals surface area contributed by atoms with Crippen LogP contribution < -0.4 is 10.5 Å². The highest BCUT2D eigenvalue weighted by Crippen LogP contribution is 2.49. The average Bonchev–Trinajstić information content (AvgIpc) is 3.20. The van der Waals surface area contributed by atoms with E-state index < -0.39 is 5.92 Å². The predicted molar refractivity (Wildman–Crippen MR) is 157 cm³/mol. The molecule has 39 heavy (non-hydrogen) atoms. The van der Waals surface area contributed by atoms with Gasteiger partial charge in [0.25, 0.3) is 0 Å². The Bertz CT molecular complexity index is 1730. The van der Waals surface area contributed by atoms with Crippen molar-refractivity contribution in [2.24, 2.45) is 5.73 Å². The van der Waals surface area contributed by atoms with Gasteiger partial charge in [-0.25, -0.2) is 0 Å². The van der Waals surface area contributed by atoms with Gasteiger partial charge in [0, 0.05) is 38.3 Å². The summed E-state index contributed by atoms with van der Waals surface area (Å²) < 4.78 is 6.17. The molecule has 6 heteroatoms. The highest BCUT2D eigenvalue weighted by atomic mass is 35.5. The van der Waals surface area contributed by atoms with Gasteiger partial charge in [0.2, 0.25) is 5.88 Å². The number of fused-ring (bicyclic) bond motifs is 2. The molecule has 5 nitrogen and oxygen atoms in total. The van der Waals surface area contributed by atoms with Crippen molar-refractivity contribution in [3.8, 4) is 11.8 Å². The number of rotatable bonds is 4. The van der Waals surface area contributed by atoms with E-state index in [-0.39, 0.29) is 17.1 Å². The van der Waals surface area contributed by atoms with Gasteiger partial charge >= 0.3 is 0 Å². The molecule has 0 spiro atoms. The predicted octanol–water partition coefficient (Wildman–Crippen LogP) is 7.85. The van der Waals surface area contributed by atoms with Crippen LogP contribution in [0.2, 0.25) is 5.02 Å². The molecule has 1 aromatic heterocycles. The van der Waals surface area contributed by atoms with Crippen molar-refractivity contribution in [2.45, 2.75) is 46.0 Å². The lowest BCUT2D eigenvalue weighted by molar-refractivity contribution is 0.104. The molecule has 0 saturated heterocycles. The number of carbonyl (C=O) groups excluding carboxylic acids is 1. The third kappa shape index (κ3) is 4.84. The van der Waals surface area contributed by atoms with Crippen LogP contribution in [0.4, 0.5) is 0 Å². The van der Waals surface area contributed by atoms with Crippen LogP contribution in [0.15, 0.2) is 72.1 Å². The van der Waals surface area contributed by atoms with Crippen molar-refractivity contribution < 1.29 is 9.53 Å². The molecule has 5 rings (SSSR count). The Labute approximate surface area is 233 Å². The van der Waals surface area contributed by atoms with Crippen LogP contribution in [-0.2, 0) is 5.41 Å². The molecule has 1 aliphatic rings. The van der Waals surface area contributed by atoms with E-state index in [2.05, 4.69) is 31.8 Å². The first kappa shape index (κ1) is 26.3. The Hall–Kier alpha value is -4.27. The molecule has 2 heterocycles. The van der Waals surface area contributed by atoms with Gasteiger partial charge in [0.05, 0.1) is 5.92 Å². The molecular weight excluding hydrogens is 506 g/mol. The van der Waals surface area contributed by atoms with Gasteiger partial charge < -0.3 is 15.5 Å². The SMILES string of the molecule is Cc1ccc(C(=O)/C=C/c2cc3c(c(C(C)(C)C)c2)OC(N)=C(C#N)C3c2c(C)[nH]c3ccc(Cl)cc23)cc1. The van der Waals surface area contributed by atoms with Crippen molar-refractivity contribution >= 4 is 34.4 Å². The molecule has 3 aromatic carbocycles. The molecule has 1 unspecified atom stereocenters. The van der Waals surface area contributed by atoms with Gasteiger partial charge in [-0.15, -0.1) is 0 Å². The van der Waals surface area contributed by atoms with Crippen molar-refractivity contribution in [1.82, 2.24) is 4.98 Å². The van der Waals surface area contributed by atoms with Gasteiger partial charge in [-0.2, -0.15) is 5.26 Å². The molecule has 0 saturated carbocycles. The maximum Gasteiger partial charge on any atom is 0.205 e. The smallest absolute Gasteiger partial charge is 0.205 e. The summed E-state index contributed by atoms with van der Waals surface area (Å²) in [5, 5.41) is 11.8. The monoisotopic (exact) mass is 535 g/mol. The van der Waals surface area contributed by atoms with Gasteiger partial charge in [0.1, 0.15) is 17.4 Å². The number of halogens is 1. The number of nitriles is 1. The molecule has 0 aliphatic carbocycles. The maximum atomic E-state index is 12.9. The molecule has 0 bridgehead atoms. The van der Waals surface area contributed by atoms with Gasteiger partial charge in [-0.3, -0.25) is 4.79 Å². The minimum Gasteiger partial charge on any atom is -0.440 e. The van der Waals surface area contributed by atoms with Crippen molar-refractivity contribution in [3.05, 3.63) is 116 Å². The van der Waals surface area contributed by atoms with Gasteiger partial charge in [-0.05, 0) is 66.8 Å². The molecule has 1 atom stereocenters. The summed E-state index contributed by atoms with van der Waals surface area (Å²) in [5.41, 5.74) is 13.5. The van der Waals surface area contributed by atoms with Gasteiger partial charge in [0.15, 0.2) is 5.78 Å². The minimum absolute atomic E-state index is 0.0817. The number of H-pyrrole nitrogens is 1. The fourth-order valence-electron chi connectivity index (χ4n) is 5.22. The Morgan fingerprint density at radius 1 is 1.10 bits per heavy atom. The van der Waals surface area contributed by atoms with E-state index in [9.17, 15) is 10.1 Å². The zero-order valence-electron chi connectivity index (χ0n) is 22.6. The Balaban J connectivity index is 1.72. The lowest BCUT2D eigenvalue weighted by Gasteiger charge is -2.32. The van der Waals surface area contributed by atoms with E-state index >= 15 is 0 Å². The summed E-state index contributed by atoms with van der Waals surface area (Å²) in [4.78, 5) is 16.4. The van der Waals surface area contributed by atoms with Crippen LogP contribution in [0.5, 0.6) is 5.75 Å². The van der Waals surface area contributed by atoms with Crippen LogP contribution in [0.1, 0.15) is 70.6 Å². The zero-order valence-corrected chi connectivity index (χ0v) is 23.4. The fraction of sp³-hybridized carbons (Fsp3) is 0.212. The Kier molecular flexibility index (Phi) is 6.62. The number of aromatic nitrogens is 1. The van der Waals surface area contributed by atoms with Crippen LogP contribution >= 0.6 is 11.6 Å². The zero-order chi connectivity index (χ0) is 28.1. The van der Waals surface area contributed by atoms with E-state index in [1.54, 1.807) is 6.08 Å². The van der Waals surface area contributed by atoms with E-state index in [1.165, 1.54) is 0 Å². The third-order valence-electron chi connectivity index (χ3n) is 7.20. The number of aromatic amines is 1. The number of allylic oxidation sites excluding steroid dienone is 2. The molecule has 4 aromatic rings. The normalized spacial score (nSPS) is 15.4. The highest BCUT2D eigenvalue weighted by molar-refractivity contribution is 6.31. The number of ketones is 1. The van der Waals surface area contributed by atoms with Crippen molar-refractivity contribution in [2.75, 3.05) is 0 Å². The molecule has 3 N–H and O–H groups in total. The largest absolute Gasteiger partial charge is 0.440 e. The number of ether oxygens (including phenoxy) is 1. The molecule has 0 radical (unpaired) electrons. The van der Waals surface area contributed by atoms with Crippen molar-refractivity contribution in [3.63, 3.8) is 0 Å². The number of hydrogen-bond donors (Lipinski definition) is 2. The Morgan fingerprint density at radius 3 is 2.49 bits per heavy atom. The first-order valence-corrected chi connectivity index (χ1v) is 13.2. The molecular formula is C33H30ClN3O2. The standard InChI is InChI=1S/C33H30ClN3O2/c1-18-6-9-21(10-7-18)28(38)13-8-20-14-24-30(29-19(2)37-27-12-11-22(34)16-23(27)29)25(17-35)32(36)39-31(24)26(15-20)33(3,4)5/h6-16,30,37H,36H2,1-5H3/b13-8+. The summed E-state index contributed by atoms with van der Waals surface area (Å²) in [5.74, 6) is 0.172. The number of nitrogens with one attached hydrogen (secondary N) is 1. The van der Waals surface area contributed by atoms with Crippen molar-refractivity contribution in [1.29, 1.82) is 5.26 Å². The topological polar surface area (TPSA) is 91.9 Å². The van der Waals surface area contributed by atoms with Crippen LogP contribution in [0.3, 0.4) is 0 Å². The average molecular weight is 536 g/mol. The summed E-state index contributed by atoms with van der Waals surface area (Å²) in [6.07, 6.45) is 3.41. The third-order valence-corrected chi connectivity index (χ3v) is 7.43. The van der Waals surface area contributed by atoms with E-state index in [0.29, 0.717) is 21.9 Å². The first-order chi connectivity index (χ1) is 18.5. The number of nitrogens with zero attached hydrogens (tertiary/aromatic N) is 1. The van der Waals surface area contributed by atoms with E-state index in [4.69, 9.17) is 22.1 Å². The summed E-state index contributed by atoms with van der Waals surface area (Å²) in [7, 11) is 0. The number of nitrogens with two attached hydrogens (primary N) is 1. The number of carbonyl (C=O) groups is 1. The van der Waals surface area contributed by atoms with Crippen LogP contribution in [0.25, 0.3) is 17.0 Å². The summed E-state index contributed by atoms with van der Waals surface area (Å²) in [6, 6.07) is 19.5. The molecule has 0 amide bonds. The summed E-state index contributed by atoms with van der Waals surface area (Å²) in [6.45, 7) is 10.3. The lowest BCUT2D eigenvalue weighted by Crippen LogP contribution is -2.25. The molecule has 1 aliphatic heterocycles. The number of aryl methyl sites for hydroxylation is 2. The quantitative estimate of drug-likeness (QED) is 0.205. The second-order valence-corrected chi connectivity index (χ2v) is 11.5. The molecule has 0 fully saturated rings. The van der Waals surface area contributed by atoms with Crippen LogP contribution in [0, 0.1) is 25.2 Å². The lowest BCUT2D eigenvalue weighted by atomic mass is 9.77. The second kappa shape index (κ2) is 9.80. The first-order valence-electron chi connectivity index (χ1n) is 12.8. The number of benzene rings is 3. The summed E-state index contributed by atoms with van der Waals surface area (Å²) >= 11 is 6.40. The number of hydrogen-bond acceptors (Lipinski definition) is 4. The highest BCUT2D eigenvalue weighted by Gasteiger charge is 2.36. The maximum absolute atomic E-state index is 12.9. The second-order valence-electron chi connectivity index (χ2n) is 11.1. The Morgan fingerprint density at radius 2 is 1.82 bits per heavy atom. The van der Waals surface area contributed by atoms with E-state index in [1.807, 2.05) is 74.5 Å². The van der Waals surface area contributed by atoms with Gasteiger partial charge in [-0.1, -0.05) is 68.3 Å². The molecule has 196 valence electrons. The minimum atomic E-state index is -0.479. The van der Waals surface area contributed by atoms with Crippen LogP contribution in [-0.4, -0.2) is 10.8 Å². The fourth-order valence-corrected chi connectivity index (χ4v) is 5.39.